The zero-order chi connectivity index (χ0) is 14.6. The molecule has 1 aromatic heterocycles. The molecule has 0 atom stereocenters. The number of carbonyl (C=O) groups excluding carboxylic acids is 1. The average molecular weight is 293 g/mol. The van der Waals surface area contributed by atoms with Gasteiger partial charge in [0.2, 0.25) is 0 Å². The van der Waals surface area contributed by atoms with Crippen molar-refractivity contribution in [1.29, 1.82) is 0 Å². The molecule has 2 aromatic rings. The summed E-state index contributed by atoms with van der Waals surface area (Å²) in [5.41, 5.74) is 0.154. The molecule has 0 saturated heterocycles. The van der Waals surface area contributed by atoms with E-state index in [0.29, 0.717) is 5.76 Å². The number of furan rings is 1. The van der Waals surface area contributed by atoms with Crippen LogP contribution in [0.15, 0.2) is 52.0 Å². The van der Waals surface area contributed by atoms with Crippen molar-refractivity contribution in [3.8, 4) is 0 Å². The van der Waals surface area contributed by atoms with Crippen molar-refractivity contribution in [2.45, 2.75) is 18.4 Å². The summed E-state index contributed by atoms with van der Waals surface area (Å²) in [5, 5.41) is 2.64. The molecular formula is C14H15NO4S. The molecule has 1 N–H and O–H groups in total. The van der Waals surface area contributed by atoms with Crippen molar-refractivity contribution in [2.75, 3.05) is 5.75 Å². The largest absolute Gasteiger partial charge is 0.467 e. The number of benzene rings is 1. The van der Waals surface area contributed by atoms with Gasteiger partial charge >= 0.3 is 0 Å². The van der Waals surface area contributed by atoms with Gasteiger partial charge in [0.1, 0.15) is 5.76 Å². The number of rotatable bonds is 5. The van der Waals surface area contributed by atoms with Gasteiger partial charge in [-0.05, 0) is 24.3 Å². The topological polar surface area (TPSA) is 76.4 Å². The van der Waals surface area contributed by atoms with Gasteiger partial charge in [0.05, 0.1) is 29.0 Å². The molecule has 1 amide bonds. The molecule has 20 heavy (non-hydrogen) atoms. The Hall–Kier alpha value is -2.08. The Bertz CT molecular complexity index is 690. The summed E-state index contributed by atoms with van der Waals surface area (Å²) in [5.74, 6) is 0.123. The van der Waals surface area contributed by atoms with Crippen molar-refractivity contribution >= 4 is 15.7 Å². The Morgan fingerprint density at radius 2 is 1.95 bits per heavy atom. The van der Waals surface area contributed by atoms with E-state index in [1.165, 1.54) is 18.4 Å². The van der Waals surface area contributed by atoms with E-state index < -0.39 is 15.7 Å². The van der Waals surface area contributed by atoms with E-state index >= 15 is 0 Å². The highest BCUT2D eigenvalue weighted by atomic mass is 32.2. The maximum Gasteiger partial charge on any atom is 0.252 e. The third kappa shape index (κ3) is 3.08. The van der Waals surface area contributed by atoms with Crippen molar-refractivity contribution < 1.29 is 17.6 Å². The number of carbonyl (C=O) groups is 1. The lowest BCUT2D eigenvalue weighted by molar-refractivity contribution is 0.0944. The van der Waals surface area contributed by atoms with Crippen LogP contribution in [0, 0.1) is 0 Å². The van der Waals surface area contributed by atoms with E-state index in [4.69, 9.17) is 4.42 Å². The number of hydrogen-bond donors (Lipinski definition) is 1. The van der Waals surface area contributed by atoms with Gasteiger partial charge in [0, 0.05) is 0 Å². The van der Waals surface area contributed by atoms with Crippen LogP contribution in [-0.4, -0.2) is 20.1 Å². The lowest BCUT2D eigenvalue weighted by Gasteiger charge is -2.09. The van der Waals surface area contributed by atoms with Gasteiger partial charge in [-0.15, -0.1) is 0 Å². The number of amides is 1. The van der Waals surface area contributed by atoms with Crippen molar-refractivity contribution in [3.05, 3.63) is 54.0 Å². The summed E-state index contributed by atoms with van der Waals surface area (Å²) in [4.78, 5) is 12.2. The lowest BCUT2D eigenvalue weighted by Crippen LogP contribution is -2.24. The van der Waals surface area contributed by atoms with E-state index in [1.807, 2.05) is 0 Å². The quantitative estimate of drug-likeness (QED) is 0.914. The fraction of sp³-hybridized carbons (Fsp3) is 0.214. The second kappa shape index (κ2) is 5.92. The summed E-state index contributed by atoms with van der Waals surface area (Å²) in [6.07, 6.45) is 1.51. The molecule has 0 aliphatic carbocycles. The monoisotopic (exact) mass is 293 g/mol. The fourth-order valence-corrected chi connectivity index (χ4v) is 2.85. The molecule has 0 fully saturated rings. The van der Waals surface area contributed by atoms with Crippen LogP contribution in [0.25, 0.3) is 0 Å². The smallest absolute Gasteiger partial charge is 0.252 e. The first kappa shape index (κ1) is 14.3. The van der Waals surface area contributed by atoms with Crippen molar-refractivity contribution in [2.24, 2.45) is 0 Å². The molecule has 0 saturated carbocycles. The van der Waals surface area contributed by atoms with Gasteiger partial charge in [-0.2, -0.15) is 0 Å². The number of hydrogen-bond acceptors (Lipinski definition) is 4. The van der Waals surface area contributed by atoms with E-state index in [0.717, 1.165) is 0 Å². The van der Waals surface area contributed by atoms with Gasteiger partial charge in [-0.25, -0.2) is 8.42 Å². The molecule has 0 aliphatic rings. The molecule has 5 nitrogen and oxygen atoms in total. The standard InChI is InChI=1S/C14H15NO4S/c1-2-20(17,18)13-8-4-3-7-12(13)14(16)15-10-11-6-5-9-19-11/h3-9H,2,10H2,1H3,(H,15,16). The van der Waals surface area contributed by atoms with Crippen molar-refractivity contribution in [3.63, 3.8) is 0 Å². The molecule has 0 aliphatic heterocycles. The summed E-state index contributed by atoms with van der Waals surface area (Å²) in [6, 6.07) is 9.63. The third-order valence-electron chi connectivity index (χ3n) is 2.85. The van der Waals surface area contributed by atoms with Crippen LogP contribution in [0.5, 0.6) is 0 Å². The van der Waals surface area contributed by atoms with Crippen molar-refractivity contribution in [1.82, 2.24) is 5.32 Å². The van der Waals surface area contributed by atoms with E-state index in [9.17, 15) is 13.2 Å². The first-order chi connectivity index (χ1) is 9.54. The second-order valence-corrected chi connectivity index (χ2v) is 6.41. The summed E-state index contributed by atoms with van der Waals surface area (Å²) in [6.45, 7) is 1.76. The molecule has 0 bridgehead atoms. The van der Waals surface area contributed by atoms with E-state index in [1.54, 1.807) is 31.2 Å². The molecule has 2 rings (SSSR count). The van der Waals surface area contributed by atoms with Crippen LogP contribution >= 0.6 is 0 Å². The molecule has 0 radical (unpaired) electrons. The molecular weight excluding hydrogens is 278 g/mol. The minimum Gasteiger partial charge on any atom is -0.467 e. The zero-order valence-electron chi connectivity index (χ0n) is 11.0. The first-order valence-electron chi connectivity index (χ1n) is 6.17. The third-order valence-corrected chi connectivity index (χ3v) is 4.64. The predicted octanol–water partition coefficient (Wildman–Crippen LogP) is 2.00. The highest BCUT2D eigenvalue weighted by molar-refractivity contribution is 7.91. The normalized spacial score (nSPS) is 11.2. The lowest BCUT2D eigenvalue weighted by atomic mass is 10.2. The Morgan fingerprint density at radius 3 is 2.60 bits per heavy atom. The first-order valence-corrected chi connectivity index (χ1v) is 7.82. The molecule has 0 unspecified atom stereocenters. The van der Waals surface area contributed by atoms with Crippen LogP contribution in [0.1, 0.15) is 23.0 Å². The molecule has 1 aromatic carbocycles. The van der Waals surface area contributed by atoms with Crippen LogP contribution in [0.2, 0.25) is 0 Å². The molecule has 6 heteroatoms. The van der Waals surface area contributed by atoms with Gasteiger partial charge in [-0.3, -0.25) is 4.79 Å². The van der Waals surface area contributed by atoms with Crippen LogP contribution in [-0.2, 0) is 16.4 Å². The summed E-state index contributed by atoms with van der Waals surface area (Å²) in [7, 11) is -3.43. The van der Waals surface area contributed by atoms with Crippen LogP contribution in [0.3, 0.4) is 0 Å². The Kier molecular flexibility index (Phi) is 4.24. The second-order valence-electron chi connectivity index (χ2n) is 4.16. The minimum atomic E-state index is -3.43. The van der Waals surface area contributed by atoms with Gasteiger partial charge in [0.25, 0.3) is 5.91 Å². The van der Waals surface area contributed by atoms with E-state index in [2.05, 4.69) is 5.32 Å². The van der Waals surface area contributed by atoms with Gasteiger partial charge in [0.15, 0.2) is 9.84 Å². The summed E-state index contributed by atoms with van der Waals surface area (Å²) < 4.78 is 29.0. The van der Waals surface area contributed by atoms with Crippen LogP contribution in [0.4, 0.5) is 0 Å². The van der Waals surface area contributed by atoms with Crippen LogP contribution < -0.4 is 5.32 Å². The molecule has 106 valence electrons. The van der Waals surface area contributed by atoms with Gasteiger partial charge < -0.3 is 9.73 Å². The average Bonchev–Trinajstić information content (AvgIpc) is 2.98. The predicted molar refractivity (Wildman–Crippen MR) is 74.0 cm³/mol. The number of nitrogens with one attached hydrogen (secondary N) is 1. The highest BCUT2D eigenvalue weighted by Crippen LogP contribution is 2.17. The molecule has 1 heterocycles. The maximum absolute atomic E-state index is 12.1. The number of sulfone groups is 1. The SMILES string of the molecule is CCS(=O)(=O)c1ccccc1C(=O)NCc1ccco1. The fourth-order valence-electron chi connectivity index (χ4n) is 1.76. The Balaban J connectivity index is 2.22. The molecule has 0 spiro atoms. The maximum atomic E-state index is 12.1. The Morgan fingerprint density at radius 1 is 1.20 bits per heavy atom. The highest BCUT2D eigenvalue weighted by Gasteiger charge is 2.20. The zero-order valence-corrected chi connectivity index (χ0v) is 11.8. The minimum absolute atomic E-state index is 0.0462. The summed E-state index contributed by atoms with van der Waals surface area (Å²) >= 11 is 0. The Labute approximate surface area is 117 Å². The van der Waals surface area contributed by atoms with E-state index in [-0.39, 0.29) is 22.8 Å². The van der Waals surface area contributed by atoms with Gasteiger partial charge in [-0.1, -0.05) is 19.1 Å².